The topological polar surface area (TPSA) is 101 Å². The van der Waals surface area contributed by atoms with Crippen LogP contribution in [0.4, 0.5) is 0 Å². The number of amides is 1. The lowest BCUT2D eigenvalue weighted by Crippen LogP contribution is -2.48. The number of piperazine rings is 1. The van der Waals surface area contributed by atoms with Gasteiger partial charge in [-0.25, -0.2) is 9.97 Å². The number of rotatable bonds is 7. The summed E-state index contributed by atoms with van der Waals surface area (Å²) in [5, 5.41) is 0. The minimum Gasteiger partial charge on any atom is -0.404 e. The molecular formula is C33H36N6O. The van der Waals surface area contributed by atoms with E-state index in [1.165, 1.54) is 11.8 Å². The van der Waals surface area contributed by atoms with Gasteiger partial charge >= 0.3 is 0 Å². The molecule has 2 aromatic carbocycles. The molecule has 0 unspecified atom stereocenters. The molecule has 0 aliphatic carbocycles. The number of aromatic nitrogens is 2. The second-order valence-corrected chi connectivity index (χ2v) is 9.76. The van der Waals surface area contributed by atoms with Crippen LogP contribution in [-0.4, -0.2) is 51.9 Å². The monoisotopic (exact) mass is 532 g/mol. The number of nitrogens with two attached hydrogens (primary N) is 2. The third-order valence-electron chi connectivity index (χ3n) is 6.89. The van der Waals surface area contributed by atoms with Gasteiger partial charge < -0.3 is 16.4 Å². The first kappa shape index (κ1) is 28.3. The highest BCUT2D eigenvalue weighted by molar-refractivity contribution is 5.96. The van der Waals surface area contributed by atoms with Crippen molar-refractivity contribution in [3.63, 3.8) is 0 Å². The van der Waals surface area contributed by atoms with E-state index in [0.717, 1.165) is 47.7 Å². The van der Waals surface area contributed by atoms with E-state index in [-0.39, 0.29) is 5.91 Å². The van der Waals surface area contributed by atoms with Crippen molar-refractivity contribution in [3.05, 3.63) is 119 Å². The second-order valence-electron chi connectivity index (χ2n) is 9.76. The van der Waals surface area contributed by atoms with Crippen LogP contribution >= 0.6 is 0 Å². The Balaban J connectivity index is 1.53. The molecule has 0 bridgehead atoms. The predicted molar refractivity (Wildman–Crippen MR) is 161 cm³/mol. The van der Waals surface area contributed by atoms with Crippen LogP contribution in [0, 0.1) is 18.8 Å². The van der Waals surface area contributed by atoms with Gasteiger partial charge in [0.25, 0.3) is 5.91 Å². The van der Waals surface area contributed by atoms with Gasteiger partial charge in [0, 0.05) is 61.3 Å². The van der Waals surface area contributed by atoms with E-state index in [2.05, 4.69) is 57.6 Å². The van der Waals surface area contributed by atoms with Crippen molar-refractivity contribution in [2.45, 2.75) is 26.8 Å². The summed E-state index contributed by atoms with van der Waals surface area (Å²) in [4.78, 5) is 26.8. The lowest BCUT2D eigenvalue weighted by molar-refractivity contribution is 0.0628. The third-order valence-corrected chi connectivity index (χ3v) is 6.89. The Morgan fingerprint density at radius 2 is 1.82 bits per heavy atom. The maximum atomic E-state index is 13.4. The van der Waals surface area contributed by atoms with Crippen molar-refractivity contribution in [1.82, 2.24) is 19.8 Å². The summed E-state index contributed by atoms with van der Waals surface area (Å²) >= 11 is 0. The Morgan fingerprint density at radius 3 is 2.48 bits per heavy atom. The van der Waals surface area contributed by atoms with Crippen molar-refractivity contribution in [2.24, 2.45) is 11.5 Å². The molecule has 2 heterocycles. The maximum absolute atomic E-state index is 13.4. The maximum Gasteiger partial charge on any atom is 0.254 e. The van der Waals surface area contributed by atoms with E-state index in [1.54, 1.807) is 18.5 Å². The first-order valence-corrected chi connectivity index (χ1v) is 13.5. The van der Waals surface area contributed by atoms with Crippen LogP contribution in [-0.2, 0) is 13.0 Å². The Labute approximate surface area is 236 Å². The molecule has 1 aliphatic heterocycles. The lowest BCUT2D eigenvalue weighted by Gasteiger charge is -2.35. The number of allylic oxidation sites excluding steroid dienone is 3. The number of hydrogen-bond acceptors (Lipinski definition) is 6. The SMILES string of the molecule is C=C(N)/C=C\C(C#Cc1c(CC)ncnc1-c1ccc(C(=O)N2CCN(Cc3ccccc3)CC2)c(C)c1)=C/N. The van der Waals surface area contributed by atoms with E-state index >= 15 is 0 Å². The molecule has 1 amide bonds. The largest absolute Gasteiger partial charge is 0.404 e. The summed E-state index contributed by atoms with van der Waals surface area (Å²) < 4.78 is 0. The summed E-state index contributed by atoms with van der Waals surface area (Å²) in [5.74, 6) is 6.36. The molecule has 0 atom stereocenters. The molecule has 40 heavy (non-hydrogen) atoms. The molecule has 3 aromatic rings. The zero-order valence-corrected chi connectivity index (χ0v) is 23.2. The molecular weight excluding hydrogens is 496 g/mol. The van der Waals surface area contributed by atoms with Gasteiger partial charge in [-0.3, -0.25) is 9.69 Å². The first-order chi connectivity index (χ1) is 19.4. The van der Waals surface area contributed by atoms with E-state index in [0.29, 0.717) is 36.3 Å². The standard InChI is InChI=1S/C33H36N6O/c1-4-31-30(14-12-26(21-34)11-10-25(3)35)32(37-23-36-31)28-13-15-29(24(2)20-28)33(40)39-18-16-38(17-19-39)22-27-8-6-5-7-9-27/h5-11,13,15,20-21,23H,3-4,16-19,22,34-35H2,1-2H3/b11-10-,26-21+. The summed E-state index contributed by atoms with van der Waals surface area (Å²) in [7, 11) is 0. The van der Waals surface area contributed by atoms with Gasteiger partial charge in [0.1, 0.15) is 6.33 Å². The molecule has 1 fully saturated rings. The summed E-state index contributed by atoms with van der Waals surface area (Å²) in [5.41, 5.74) is 18.5. The molecule has 0 spiro atoms. The van der Waals surface area contributed by atoms with Crippen molar-refractivity contribution in [2.75, 3.05) is 26.2 Å². The molecule has 7 heteroatoms. The van der Waals surface area contributed by atoms with Crippen LogP contribution in [0.5, 0.6) is 0 Å². The number of carbonyl (C=O) groups excluding carboxylic acids is 1. The molecule has 0 saturated carbocycles. The number of hydrogen-bond donors (Lipinski definition) is 2. The van der Waals surface area contributed by atoms with Crippen LogP contribution < -0.4 is 11.5 Å². The number of benzene rings is 2. The number of carbonyl (C=O) groups is 1. The normalized spacial score (nSPS) is 14.2. The molecule has 4 rings (SSSR count). The molecule has 4 N–H and O–H groups in total. The highest BCUT2D eigenvalue weighted by Crippen LogP contribution is 2.26. The van der Waals surface area contributed by atoms with Crippen LogP contribution in [0.25, 0.3) is 11.3 Å². The van der Waals surface area contributed by atoms with E-state index < -0.39 is 0 Å². The second kappa shape index (κ2) is 13.4. The molecule has 204 valence electrons. The highest BCUT2D eigenvalue weighted by Gasteiger charge is 2.23. The fourth-order valence-electron chi connectivity index (χ4n) is 4.68. The van der Waals surface area contributed by atoms with Crippen molar-refractivity contribution >= 4 is 5.91 Å². The molecule has 1 saturated heterocycles. The van der Waals surface area contributed by atoms with Crippen molar-refractivity contribution in [1.29, 1.82) is 0 Å². The minimum absolute atomic E-state index is 0.0614. The van der Waals surface area contributed by atoms with Crippen LogP contribution in [0.3, 0.4) is 0 Å². The van der Waals surface area contributed by atoms with Gasteiger partial charge in [0.05, 0.1) is 17.0 Å². The van der Waals surface area contributed by atoms with Gasteiger partial charge in [-0.15, -0.1) is 0 Å². The van der Waals surface area contributed by atoms with Crippen LogP contribution in [0.15, 0.2) is 91.1 Å². The van der Waals surface area contributed by atoms with Gasteiger partial charge in [0.15, 0.2) is 0 Å². The Bertz CT molecular complexity index is 1490. The van der Waals surface area contributed by atoms with Crippen LogP contribution in [0.1, 0.15) is 39.7 Å². The fourth-order valence-corrected chi connectivity index (χ4v) is 4.68. The van der Waals surface area contributed by atoms with Crippen molar-refractivity contribution in [3.8, 4) is 23.1 Å². The fraction of sp³-hybridized carbons (Fsp3) is 0.242. The Morgan fingerprint density at radius 1 is 1.07 bits per heavy atom. The van der Waals surface area contributed by atoms with Crippen molar-refractivity contribution < 1.29 is 4.79 Å². The summed E-state index contributed by atoms with van der Waals surface area (Å²) in [6.45, 7) is 11.7. The lowest BCUT2D eigenvalue weighted by atomic mass is 9.98. The molecule has 0 radical (unpaired) electrons. The van der Waals surface area contributed by atoms with Gasteiger partial charge in [0.2, 0.25) is 0 Å². The predicted octanol–water partition coefficient (Wildman–Crippen LogP) is 4.20. The zero-order chi connectivity index (χ0) is 28.5. The molecule has 7 nitrogen and oxygen atoms in total. The number of aryl methyl sites for hydroxylation is 2. The van der Waals surface area contributed by atoms with E-state index in [1.807, 2.05) is 43.0 Å². The highest BCUT2D eigenvalue weighted by atomic mass is 16.2. The van der Waals surface area contributed by atoms with Crippen LogP contribution in [0.2, 0.25) is 0 Å². The molecule has 1 aromatic heterocycles. The molecule has 1 aliphatic rings. The smallest absolute Gasteiger partial charge is 0.254 e. The van der Waals surface area contributed by atoms with Gasteiger partial charge in [-0.2, -0.15) is 0 Å². The Hall–Kier alpha value is -4.67. The van der Waals surface area contributed by atoms with Gasteiger partial charge in [-0.1, -0.05) is 61.7 Å². The zero-order valence-electron chi connectivity index (χ0n) is 23.2. The van der Waals surface area contributed by atoms with E-state index in [9.17, 15) is 4.79 Å². The first-order valence-electron chi connectivity index (χ1n) is 13.5. The summed E-state index contributed by atoms with van der Waals surface area (Å²) in [6.07, 6.45) is 7.05. The average Bonchev–Trinajstić information content (AvgIpc) is 2.97. The summed E-state index contributed by atoms with van der Waals surface area (Å²) in [6, 6.07) is 16.3. The Kier molecular flexibility index (Phi) is 9.50. The van der Waals surface area contributed by atoms with E-state index in [4.69, 9.17) is 11.5 Å². The quantitative estimate of drug-likeness (QED) is 0.350. The average molecular weight is 533 g/mol. The third kappa shape index (κ3) is 7.04. The van der Waals surface area contributed by atoms with Gasteiger partial charge in [-0.05, 0) is 48.8 Å². The number of nitrogens with zero attached hydrogens (tertiary/aromatic N) is 4. The minimum atomic E-state index is 0.0614.